The number of amides is 1. The van der Waals surface area contributed by atoms with Crippen LogP contribution in [0.15, 0.2) is 24.3 Å². The average molecular weight is 488 g/mol. The quantitative estimate of drug-likeness (QED) is 0.495. The molecule has 0 saturated carbocycles. The molecule has 2 saturated heterocycles. The molecule has 7 nitrogen and oxygen atoms in total. The van der Waals surface area contributed by atoms with Gasteiger partial charge >= 0.3 is 0 Å². The van der Waals surface area contributed by atoms with Gasteiger partial charge in [0, 0.05) is 24.2 Å². The second-order valence-corrected chi connectivity index (χ2v) is 11.4. The molecule has 0 radical (unpaired) electrons. The van der Waals surface area contributed by atoms with E-state index in [1.54, 1.807) is 4.90 Å². The van der Waals surface area contributed by atoms with Gasteiger partial charge in [0.25, 0.3) is 5.91 Å². The fourth-order valence-electron chi connectivity index (χ4n) is 6.72. The number of unbranched alkanes of at least 4 members (excludes halogenated alkanes) is 5. The van der Waals surface area contributed by atoms with Crippen LogP contribution in [0.25, 0.3) is 0 Å². The monoisotopic (exact) mass is 487 g/mol. The summed E-state index contributed by atoms with van der Waals surface area (Å²) in [5, 5.41) is 13.5. The predicted molar refractivity (Wildman–Crippen MR) is 137 cm³/mol. The van der Waals surface area contributed by atoms with Gasteiger partial charge in [-0.05, 0) is 40.2 Å². The number of hydrogen-bond donors (Lipinski definition) is 1. The summed E-state index contributed by atoms with van der Waals surface area (Å²) in [6, 6.07) is 7.17. The van der Waals surface area contributed by atoms with Gasteiger partial charge in [0.05, 0.1) is 43.0 Å². The molecule has 0 spiro atoms. The van der Waals surface area contributed by atoms with E-state index >= 15 is 0 Å². The number of fused-ring (bicyclic) bond motifs is 1. The molecule has 1 amide bonds. The minimum atomic E-state index is -0.958. The molecule has 0 aromatic heterocycles. The third-order valence-electron chi connectivity index (χ3n) is 8.22. The van der Waals surface area contributed by atoms with Gasteiger partial charge in [0.2, 0.25) is 0 Å². The fourth-order valence-corrected chi connectivity index (χ4v) is 6.72. The van der Waals surface area contributed by atoms with E-state index in [0.29, 0.717) is 30.9 Å². The summed E-state index contributed by atoms with van der Waals surface area (Å²) in [4.78, 5) is 24.4. The molecule has 3 aliphatic heterocycles. The maximum atomic E-state index is 13.7. The van der Waals surface area contributed by atoms with Crippen molar-refractivity contribution in [2.24, 2.45) is 0 Å². The second-order valence-electron chi connectivity index (χ2n) is 11.4. The average Bonchev–Trinajstić information content (AvgIpc) is 3.17. The van der Waals surface area contributed by atoms with E-state index < -0.39 is 11.8 Å². The van der Waals surface area contributed by atoms with Crippen molar-refractivity contribution in [3.8, 4) is 0 Å². The molecule has 7 heteroatoms. The van der Waals surface area contributed by atoms with Crippen molar-refractivity contribution in [1.29, 1.82) is 0 Å². The minimum absolute atomic E-state index is 0.0149. The Hall–Kier alpha value is -1.51. The van der Waals surface area contributed by atoms with E-state index in [-0.39, 0.29) is 23.5 Å². The van der Waals surface area contributed by atoms with Gasteiger partial charge < -0.3 is 14.7 Å². The van der Waals surface area contributed by atoms with Crippen LogP contribution in [0, 0.1) is 0 Å². The Kier molecular flexibility index (Phi) is 8.23. The highest BCUT2D eigenvalue weighted by Crippen LogP contribution is 2.49. The number of nitrogens with zero attached hydrogens (tertiary/aromatic N) is 3. The molecular formula is C28H45N3O4. The number of morpholine rings is 1. The third-order valence-corrected chi connectivity index (χ3v) is 8.22. The smallest absolute Gasteiger partial charge is 0.256 e. The zero-order valence-corrected chi connectivity index (χ0v) is 22.3. The number of carbonyl (C=O) groups excluding carboxylic acids is 1. The molecule has 35 heavy (non-hydrogen) atoms. The Labute approximate surface area is 211 Å². The zero-order chi connectivity index (χ0) is 25.2. The first-order chi connectivity index (χ1) is 16.7. The molecule has 196 valence electrons. The maximum Gasteiger partial charge on any atom is 0.256 e. The van der Waals surface area contributed by atoms with E-state index in [1.807, 2.05) is 24.3 Å². The van der Waals surface area contributed by atoms with Crippen molar-refractivity contribution >= 4 is 5.91 Å². The molecule has 1 N–H and O–H groups in total. The molecule has 0 bridgehead atoms. The van der Waals surface area contributed by atoms with Crippen molar-refractivity contribution < 1.29 is 19.5 Å². The summed E-state index contributed by atoms with van der Waals surface area (Å²) < 4.78 is 5.66. The van der Waals surface area contributed by atoms with Crippen LogP contribution in [0.5, 0.6) is 0 Å². The van der Waals surface area contributed by atoms with Crippen molar-refractivity contribution in [2.45, 2.75) is 103 Å². The van der Waals surface area contributed by atoms with Gasteiger partial charge in [-0.3, -0.25) is 14.5 Å². The summed E-state index contributed by atoms with van der Waals surface area (Å²) in [6.07, 6.45) is 6.32. The van der Waals surface area contributed by atoms with Crippen molar-refractivity contribution in [2.75, 3.05) is 32.9 Å². The predicted octanol–water partition coefficient (Wildman–Crippen LogP) is 4.37. The van der Waals surface area contributed by atoms with Gasteiger partial charge in [-0.1, -0.05) is 57.2 Å². The van der Waals surface area contributed by atoms with Crippen LogP contribution in [-0.2, 0) is 9.57 Å². The van der Waals surface area contributed by atoms with Crippen LogP contribution >= 0.6 is 0 Å². The Bertz CT molecular complexity index is 868. The number of benzene rings is 1. The lowest BCUT2D eigenvalue weighted by molar-refractivity contribution is -0.249. The van der Waals surface area contributed by atoms with E-state index in [1.165, 1.54) is 32.1 Å². The summed E-state index contributed by atoms with van der Waals surface area (Å²) in [6.45, 7) is 14.6. The van der Waals surface area contributed by atoms with Gasteiger partial charge in [-0.2, -0.15) is 5.06 Å². The molecule has 0 aliphatic carbocycles. The lowest BCUT2D eigenvalue weighted by atomic mass is 9.86. The van der Waals surface area contributed by atoms with Crippen LogP contribution in [-0.4, -0.2) is 81.9 Å². The summed E-state index contributed by atoms with van der Waals surface area (Å²) >= 11 is 0. The van der Waals surface area contributed by atoms with E-state index in [2.05, 4.69) is 44.6 Å². The second kappa shape index (κ2) is 10.9. The van der Waals surface area contributed by atoms with Crippen LogP contribution in [0.4, 0.5) is 0 Å². The van der Waals surface area contributed by atoms with Crippen molar-refractivity contribution in [3.05, 3.63) is 35.4 Å². The number of ether oxygens (including phenoxy) is 1. The molecule has 3 unspecified atom stereocenters. The standard InChI is InChI=1S/C28H45N3O4/c1-6-7-8-9-10-13-18-35-31-27(2,3)23(29-16-19-34-20-17-29)24(28(31,4)5)30-25(32)21-14-11-12-15-22(21)26(30)33/h11-12,14-15,23-25,32H,6-10,13,16-20H2,1-5H3. The number of rotatable bonds is 10. The Morgan fingerprint density at radius 2 is 1.60 bits per heavy atom. The third kappa shape index (κ3) is 4.90. The molecule has 3 aliphatic rings. The lowest BCUT2D eigenvalue weighted by Gasteiger charge is -2.45. The number of aliphatic hydroxyl groups excluding tert-OH is 1. The van der Waals surface area contributed by atoms with Gasteiger partial charge in [-0.25, -0.2) is 0 Å². The summed E-state index contributed by atoms with van der Waals surface area (Å²) in [5.74, 6) is -0.0991. The van der Waals surface area contributed by atoms with Gasteiger partial charge in [-0.15, -0.1) is 0 Å². The van der Waals surface area contributed by atoms with Gasteiger partial charge in [0.1, 0.15) is 0 Å². The maximum absolute atomic E-state index is 13.7. The first-order valence-corrected chi connectivity index (χ1v) is 13.6. The molecule has 3 heterocycles. The number of carbonyl (C=O) groups is 1. The molecule has 3 atom stereocenters. The number of aliphatic hydroxyl groups is 1. The first kappa shape index (κ1) is 26.6. The number of hydrogen-bond acceptors (Lipinski definition) is 6. The van der Waals surface area contributed by atoms with E-state index in [4.69, 9.17) is 9.57 Å². The van der Waals surface area contributed by atoms with Crippen LogP contribution < -0.4 is 0 Å². The fraction of sp³-hybridized carbons (Fsp3) is 0.750. The van der Waals surface area contributed by atoms with Crippen molar-refractivity contribution in [1.82, 2.24) is 14.9 Å². The summed E-state index contributed by atoms with van der Waals surface area (Å²) in [5.41, 5.74) is 0.412. The molecule has 1 aromatic rings. The van der Waals surface area contributed by atoms with Crippen LogP contribution in [0.3, 0.4) is 0 Å². The molecule has 1 aromatic carbocycles. The Morgan fingerprint density at radius 1 is 0.971 bits per heavy atom. The molecule has 4 rings (SSSR count). The van der Waals surface area contributed by atoms with Crippen LogP contribution in [0.1, 0.15) is 95.3 Å². The van der Waals surface area contributed by atoms with Gasteiger partial charge in [0.15, 0.2) is 6.23 Å². The number of hydroxylamine groups is 2. The largest absolute Gasteiger partial charge is 0.379 e. The first-order valence-electron chi connectivity index (χ1n) is 13.6. The highest BCUT2D eigenvalue weighted by atomic mass is 16.7. The van der Waals surface area contributed by atoms with Crippen molar-refractivity contribution in [3.63, 3.8) is 0 Å². The Morgan fingerprint density at radius 3 is 2.29 bits per heavy atom. The SMILES string of the molecule is CCCCCCCCON1C(C)(C)C(N2CCOCC2)C(N2C(=O)c3ccccc3C2O)C1(C)C. The Balaban J connectivity index is 1.60. The van der Waals surface area contributed by atoms with Crippen LogP contribution in [0.2, 0.25) is 0 Å². The zero-order valence-electron chi connectivity index (χ0n) is 22.3. The lowest BCUT2D eigenvalue weighted by Crippen LogP contribution is -2.62. The van der Waals surface area contributed by atoms with E-state index in [0.717, 1.165) is 19.5 Å². The molecule has 2 fully saturated rings. The highest BCUT2D eigenvalue weighted by Gasteiger charge is 2.65. The summed E-state index contributed by atoms with van der Waals surface area (Å²) in [7, 11) is 0. The van der Waals surface area contributed by atoms with E-state index in [9.17, 15) is 9.90 Å². The highest BCUT2D eigenvalue weighted by molar-refractivity contribution is 5.99. The normalized spacial score (nSPS) is 28.6. The topological polar surface area (TPSA) is 65.5 Å². The molecular weight excluding hydrogens is 442 g/mol. The minimum Gasteiger partial charge on any atom is -0.379 e.